The van der Waals surface area contributed by atoms with Crippen molar-refractivity contribution in [3.63, 3.8) is 0 Å². The van der Waals surface area contributed by atoms with Crippen molar-refractivity contribution >= 4 is 21.7 Å². The molecule has 1 N–H and O–H groups in total. The predicted octanol–water partition coefficient (Wildman–Crippen LogP) is 5.68. The lowest BCUT2D eigenvalue weighted by atomic mass is 9.94. The molecule has 29 heavy (non-hydrogen) atoms. The first-order valence-electron chi connectivity index (χ1n) is 9.90. The second-order valence-electron chi connectivity index (χ2n) is 7.15. The quantitative estimate of drug-likeness (QED) is 0.490. The summed E-state index contributed by atoms with van der Waals surface area (Å²) in [6.45, 7) is 4.01. The summed E-state index contributed by atoms with van der Waals surface area (Å²) in [4.78, 5) is 0.288. The minimum Gasteiger partial charge on any atom is -0.207 e. The molecular formula is C25H27NO2S. The summed E-state index contributed by atoms with van der Waals surface area (Å²) in [6.07, 6.45) is 3.64. The monoisotopic (exact) mass is 405 g/mol. The predicted molar refractivity (Wildman–Crippen MR) is 121 cm³/mol. The van der Waals surface area contributed by atoms with Crippen LogP contribution < -0.4 is 4.72 Å². The van der Waals surface area contributed by atoms with Crippen molar-refractivity contribution in [2.24, 2.45) is 0 Å². The number of rotatable bonds is 8. The molecule has 3 rings (SSSR count). The molecule has 0 heterocycles. The number of aryl methyl sites for hydroxylation is 1. The van der Waals surface area contributed by atoms with Crippen LogP contribution in [-0.2, 0) is 10.0 Å². The molecule has 0 aliphatic carbocycles. The second-order valence-corrected chi connectivity index (χ2v) is 8.87. The zero-order chi connectivity index (χ0) is 20.7. The third-order valence-corrected chi connectivity index (χ3v) is 6.30. The highest BCUT2D eigenvalue weighted by atomic mass is 32.2. The average Bonchev–Trinajstić information content (AvgIpc) is 2.73. The van der Waals surface area contributed by atoms with E-state index < -0.39 is 10.0 Å². The molecule has 0 saturated heterocycles. The zero-order valence-corrected chi connectivity index (χ0v) is 17.7. The Hall–Kier alpha value is -2.69. The van der Waals surface area contributed by atoms with Crippen molar-refractivity contribution in [1.82, 2.24) is 4.72 Å². The van der Waals surface area contributed by atoms with E-state index in [4.69, 9.17) is 0 Å². The molecule has 150 valence electrons. The SMILES string of the molecule is CCCC(NS(=O)(=O)c1ccc(C)cc1)/C(=C/c1ccccc1)c1ccccc1. The maximum Gasteiger partial charge on any atom is 0.241 e. The summed E-state index contributed by atoms with van der Waals surface area (Å²) < 4.78 is 29.1. The minimum atomic E-state index is -3.63. The van der Waals surface area contributed by atoms with Gasteiger partial charge in [0.1, 0.15) is 0 Å². The zero-order valence-electron chi connectivity index (χ0n) is 16.9. The molecule has 0 aromatic heterocycles. The summed E-state index contributed by atoms with van der Waals surface area (Å²) in [6, 6.07) is 26.6. The molecule has 1 unspecified atom stereocenters. The lowest BCUT2D eigenvalue weighted by Gasteiger charge is -2.22. The van der Waals surface area contributed by atoms with E-state index in [0.29, 0.717) is 6.42 Å². The first-order valence-corrected chi connectivity index (χ1v) is 11.4. The number of nitrogens with one attached hydrogen (secondary N) is 1. The van der Waals surface area contributed by atoms with E-state index in [1.807, 2.05) is 79.7 Å². The van der Waals surface area contributed by atoms with E-state index in [9.17, 15) is 8.42 Å². The Morgan fingerprint density at radius 1 is 0.897 bits per heavy atom. The standard InChI is InChI=1S/C25H27NO2S/c1-3-10-25(26-29(27,28)23-17-15-20(2)16-18-23)24(22-13-8-5-9-14-22)19-21-11-6-4-7-12-21/h4-9,11-19,25-26H,3,10H2,1-2H3/b24-19+. The van der Waals surface area contributed by atoms with Crippen LogP contribution in [0.5, 0.6) is 0 Å². The van der Waals surface area contributed by atoms with Gasteiger partial charge in [0.25, 0.3) is 0 Å². The maximum absolute atomic E-state index is 13.1. The molecule has 0 amide bonds. The fourth-order valence-electron chi connectivity index (χ4n) is 3.28. The van der Waals surface area contributed by atoms with Gasteiger partial charge in [0.2, 0.25) is 10.0 Å². The number of hydrogen-bond acceptors (Lipinski definition) is 2. The van der Waals surface area contributed by atoms with Gasteiger partial charge < -0.3 is 0 Å². The molecule has 0 fully saturated rings. The first kappa shape index (κ1) is 21.0. The minimum absolute atomic E-state index is 0.288. The molecule has 0 saturated carbocycles. The topological polar surface area (TPSA) is 46.2 Å². The van der Waals surface area contributed by atoms with E-state index in [2.05, 4.69) is 17.7 Å². The van der Waals surface area contributed by atoms with Crippen molar-refractivity contribution in [1.29, 1.82) is 0 Å². The van der Waals surface area contributed by atoms with Crippen LogP contribution in [-0.4, -0.2) is 14.5 Å². The summed E-state index contributed by atoms with van der Waals surface area (Å²) in [7, 11) is -3.63. The van der Waals surface area contributed by atoms with Crippen molar-refractivity contribution in [2.45, 2.75) is 37.6 Å². The van der Waals surface area contributed by atoms with E-state index in [1.54, 1.807) is 12.1 Å². The summed E-state index contributed by atoms with van der Waals surface area (Å²) in [5.74, 6) is 0. The number of hydrogen-bond donors (Lipinski definition) is 1. The summed E-state index contributed by atoms with van der Waals surface area (Å²) >= 11 is 0. The Morgan fingerprint density at radius 3 is 2.07 bits per heavy atom. The normalized spacial score (nSPS) is 13.2. The molecule has 3 nitrogen and oxygen atoms in total. The van der Waals surface area contributed by atoms with Gasteiger partial charge in [-0.2, -0.15) is 0 Å². The highest BCUT2D eigenvalue weighted by Crippen LogP contribution is 2.26. The van der Waals surface area contributed by atoms with Crippen LogP contribution in [0.3, 0.4) is 0 Å². The van der Waals surface area contributed by atoms with Crippen LogP contribution in [0.15, 0.2) is 89.8 Å². The van der Waals surface area contributed by atoms with Crippen molar-refractivity contribution in [3.8, 4) is 0 Å². The lowest BCUT2D eigenvalue weighted by Crippen LogP contribution is -2.35. The molecule has 4 heteroatoms. The van der Waals surface area contributed by atoms with Crippen molar-refractivity contribution in [3.05, 3.63) is 102 Å². The molecule has 0 bridgehead atoms. The van der Waals surface area contributed by atoms with E-state index in [0.717, 1.165) is 28.7 Å². The summed E-state index contributed by atoms with van der Waals surface area (Å²) in [5, 5.41) is 0. The maximum atomic E-state index is 13.1. The van der Waals surface area contributed by atoms with Crippen LogP contribution in [0.1, 0.15) is 36.5 Å². The van der Waals surface area contributed by atoms with Gasteiger partial charge in [0, 0.05) is 6.04 Å². The highest BCUT2D eigenvalue weighted by molar-refractivity contribution is 7.89. The van der Waals surface area contributed by atoms with Gasteiger partial charge in [-0.05, 0) is 48.3 Å². The van der Waals surface area contributed by atoms with E-state index >= 15 is 0 Å². The van der Waals surface area contributed by atoms with Crippen LogP contribution in [0.25, 0.3) is 11.6 Å². The molecular weight excluding hydrogens is 378 g/mol. The third-order valence-electron chi connectivity index (χ3n) is 4.81. The third kappa shape index (κ3) is 5.66. The Balaban J connectivity index is 2.02. The fourth-order valence-corrected chi connectivity index (χ4v) is 4.53. The molecule has 3 aromatic rings. The molecule has 3 aromatic carbocycles. The molecule has 0 spiro atoms. The Labute approximate surface area is 174 Å². The largest absolute Gasteiger partial charge is 0.241 e. The van der Waals surface area contributed by atoms with Gasteiger partial charge in [0.05, 0.1) is 4.90 Å². The van der Waals surface area contributed by atoms with E-state index in [1.165, 1.54) is 0 Å². The van der Waals surface area contributed by atoms with Crippen LogP contribution in [0.2, 0.25) is 0 Å². The van der Waals surface area contributed by atoms with Crippen molar-refractivity contribution in [2.75, 3.05) is 0 Å². The van der Waals surface area contributed by atoms with Gasteiger partial charge >= 0.3 is 0 Å². The van der Waals surface area contributed by atoms with Gasteiger partial charge in [-0.1, -0.05) is 91.7 Å². The number of benzene rings is 3. The molecule has 1 atom stereocenters. The van der Waals surface area contributed by atoms with Crippen LogP contribution >= 0.6 is 0 Å². The fraction of sp³-hybridized carbons (Fsp3) is 0.200. The lowest BCUT2D eigenvalue weighted by molar-refractivity contribution is 0.564. The Morgan fingerprint density at radius 2 is 1.48 bits per heavy atom. The second kappa shape index (κ2) is 9.68. The molecule has 0 aliphatic rings. The Kier molecular flexibility index (Phi) is 7.02. The van der Waals surface area contributed by atoms with Gasteiger partial charge in [-0.25, -0.2) is 13.1 Å². The summed E-state index contributed by atoms with van der Waals surface area (Å²) in [5.41, 5.74) is 4.06. The van der Waals surface area contributed by atoms with Crippen LogP contribution in [0, 0.1) is 6.92 Å². The first-order chi connectivity index (χ1) is 14.0. The molecule has 0 aliphatic heterocycles. The number of sulfonamides is 1. The van der Waals surface area contributed by atoms with Crippen LogP contribution in [0.4, 0.5) is 0 Å². The van der Waals surface area contributed by atoms with Gasteiger partial charge in [0.15, 0.2) is 0 Å². The Bertz CT molecular complexity index is 1040. The van der Waals surface area contributed by atoms with Gasteiger partial charge in [-0.15, -0.1) is 0 Å². The van der Waals surface area contributed by atoms with Gasteiger partial charge in [-0.3, -0.25) is 0 Å². The highest BCUT2D eigenvalue weighted by Gasteiger charge is 2.23. The van der Waals surface area contributed by atoms with E-state index in [-0.39, 0.29) is 10.9 Å². The smallest absolute Gasteiger partial charge is 0.207 e. The molecule has 0 radical (unpaired) electrons. The average molecular weight is 406 g/mol. The van der Waals surface area contributed by atoms with Crippen molar-refractivity contribution < 1.29 is 8.42 Å².